The molecule has 0 saturated carbocycles. The molecule has 0 unspecified atom stereocenters. The SMILES string of the molecule is COCc1cccc(NC(=O)CN(c2ccc(C)c(C)c2)S(=O)(=O)c2ccc(Cl)cc2)c1. The van der Waals surface area contributed by atoms with Crippen LogP contribution in [0.4, 0.5) is 11.4 Å². The van der Waals surface area contributed by atoms with Crippen LogP contribution in [0.15, 0.2) is 71.6 Å². The van der Waals surface area contributed by atoms with Gasteiger partial charge in [-0.1, -0.05) is 29.8 Å². The van der Waals surface area contributed by atoms with Crippen molar-refractivity contribution >= 4 is 38.9 Å². The smallest absolute Gasteiger partial charge is 0.264 e. The number of sulfonamides is 1. The van der Waals surface area contributed by atoms with Crippen molar-refractivity contribution in [3.05, 3.63) is 88.4 Å². The number of carbonyl (C=O) groups excluding carboxylic acids is 1. The normalized spacial score (nSPS) is 11.2. The van der Waals surface area contributed by atoms with Crippen LogP contribution in [0.5, 0.6) is 0 Å². The maximum absolute atomic E-state index is 13.5. The summed E-state index contributed by atoms with van der Waals surface area (Å²) in [6.45, 7) is 3.86. The number of aryl methyl sites for hydroxylation is 2. The van der Waals surface area contributed by atoms with Gasteiger partial charge in [0.2, 0.25) is 5.91 Å². The number of anilines is 2. The standard InChI is InChI=1S/C24H25ClN2O4S/c1-17-7-10-22(13-18(17)2)27(32(29,30)23-11-8-20(25)9-12-23)15-24(28)26-21-6-4-5-19(14-21)16-31-3/h4-14H,15-16H2,1-3H3,(H,26,28). The summed E-state index contributed by atoms with van der Waals surface area (Å²) >= 11 is 5.92. The fourth-order valence-corrected chi connectivity index (χ4v) is 4.70. The zero-order valence-corrected chi connectivity index (χ0v) is 19.7. The molecule has 0 spiro atoms. The van der Waals surface area contributed by atoms with Gasteiger partial charge >= 0.3 is 0 Å². The van der Waals surface area contributed by atoms with Crippen LogP contribution in [0, 0.1) is 13.8 Å². The van der Waals surface area contributed by atoms with Gasteiger partial charge in [0, 0.05) is 17.8 Å². The summed E-state index contributed by atoms with van der Waals surface area (Å²) in [7, 11) is -2.42. The van der Waals surface area contributed by atoms with Crippen molar-refractivity contribution in [2.45, 2.75) is 25.3 Å². The number of halogens is 1. The van der Waals surface area contributed by atoms with Gasteiger partial charge in [-0.15, -0.1) is 0 Å². The Morgan fingerprint density at radius 1 is 1.00 bits per heavy atom. The average Bonchev–Trinajstić information content (AvgIpc) is 2.75. The molecule has 0 atom stereocenters. The van der Waals surface area contributed by atoms with Gasteiger partial charge in [0.1, 0.15) is 6.54 Å². The summed E-state index contributed by atoms with van der Waals surface area (Å²) < 4.78 is 33.1. The molecule has 8 heteroatoms. The van der Waals surface area contributed by atoms with E-state index < -0.39 is 15.9 Å². The van der Waals surface area contributed by atoms with Crippen molar-refractivity contribution in [2.75, 3.05) is 23.3 Å². The van der Waals surface area contributed by atoms with Gasteiger partial charge < -0.3 is 10.1 Å². The molecule has 168 valence electrons. The predicted molar refractivity (Wildman–Crippen MR) is 128 cm³/mol. The van der Waals surface area contributed by atoms with Gasteiger partial charge in [0.05, 0.1) is 17.2 Å². The predicted octanol–water partition coefficient (Wildman–Crippen LogP) is 4.94. The second kappa shape index (κ2) is 10.2. The maximum Gasteiger partial charge on any atom is 0.264 e. The van der Waals surface area contributed by atoms with Crippen LogP contribution in [0.1, 0.15) is 16.7 Å². The van der Waals surface area contributed by atoms with E-state index in [0.29, 0.717) is 23.0 Å². The molecular weight excluding hydrogens is 448 g/mol. The molecule has 0 bridgehead atoms. The minimum atomic E-state index is -4.01. The van der Waals surface area contributed by atoms with Crippen molar-refractivity contribution in [2.24, 2.45) is 0 Å². The van der Waals surface area contributed by atoms with Crippen LogP contribution in [0.2, 0.25) is 5.02 Å². The first-order valence-electron chi connectivity index (χ1n) is 9.94. The number of ether oxygens (including phenoxy) is 1. The van der Waals surface area contributed by atoms with Crippen LogP contribution in [-0.2, 0) is 26.2 Å². The number of hydrogen-bond donors (Lipinski definition) is 1. The third-order valence-corrected chi connectivity index (χ3v) is 7.03. The van der Waals surface area contributed by atoms with Gasteiger partial charge in [0.25, 0.3) is 10.0 Å². The summed E-state index contributed by atoms with van der Waals surface area (Å²) in [5.74, 6) is -0.463. The number of methoxy groups -OCH3 is 1. The summed E-state index contributed by atoms with van der Waals surface area (Å²) in [6.07, 6.45) is 0. The van der Waals surface area contributed by atoms with Gasteiger partial charge in [-0.2, -0.15) is 0 Å². The Hall–Kier alpha value is -2.87. The minimum absolute atomic E-state index is 0.0509. The van der Waals surface area contributed by atoms with Gasteiger partial charge in [-0.05, 0) is 79.1 Å². The summed E-state index contributed by atoms with van der Waals surface area (Å²) in [5, 5.41) is 3.20. The summed E-state index contributed by atoms with van der Waals surface area (Å²) in [6, 6.07) is 18.4. The number of nitrogens with zero attached hydrogens (tertiary/aromatic N) is 1. The van der Waals surface area contributed by atoms with Gasteiger partial charge in [-0.3, -0.25) is 9.10 Å². The topological polar surface area (TPSA) is 75.7 Å². The number of amides is 1. The number of rotatable bonds is 8. The van der Waals surface area contributed by atoms with Crippen molar-refractivity contribution < 1.29 is 17.9 Å². The van der Waals surface area contributed by atoms with Crippen LogP contribution in [0.25, 0.3) is 0 Å². The third-order valence-electron chi connectivity index (χ3n) is 4.99. The second-order valence-corrected chi connectivity index (χ2v) is 9.71. The van der Waals surface area contributed by atoms with Crippen LogP contribution in [0.3, 0.4) is 0 Å². The number of benzene rings is 3. The van der Waals surface area contributed by atoms with Crippen molar-refractivity contribution in [3.8, 4) is 0 Å². The third kappa shape index (κ3) is 5.68. The highest BCUT2D eigenvalue weighted by Crippen LogP contribution is 2.26. The Balaban J connectivity index is 1.93. The van der Waals surface area contributed by atoms with E-state index in [9.17, 15) is 13.2 Å². The fourth-order valence-electron chi connectivity index (χ4n) is 3.17. The molecule has 0 aliphatic carbocycles. The molecule has 1 amide bonds. The van der Waals surface area contributed by atoms with E-state index in [-0.39, 0.29) is 11.4 Å². The molecule has 0 aliphatic heterocycles. The quantitative estimate of drug-likeness (QED) is 0.504. The van der Waals surface area contributed by atoms with E-state index in [1.54, 1.807) is 37.4 Å². The highest BCUT2D eigenvalue weighted by atomic mass is 35.5. The summed E-state index contributed by atoms with van der Waals surface area (Å²) in [4.78, 5) is 12.9. The molecule has 3 aromatic rings. The van der Waals surface area contributed by atoms with Crippen LogP contribution >= 0.6 is 11.6 Å². The lowest BCUT2D eigenvalue weighted by atomic mass is 10.1. The molecule has 0 aliphatic rings. The monoisotopic (exact) mass is 472 g/mol. The van der Waals surface area contributed by atoms with Crippen molar-refractivity contribution in [1.82, 2.24) is 0 Å². The average molecular weight is 473 g/mol. The molecule has 0 radical (unpaired) electrons. The maximum atomic E-state index is 13.5. The second-order valence-electron chi connectivity index (χ2n) is 7.42. The minimum Gasteiger partial charge on any atom is -0.380 e. The highest BCUT2D eigenvalue weighted by Gasteiger charge is 2.27. The lowest BCUT2D eigenvalue weighted by Gasteiger charge is -2.25. The Kier molecular flexibility index (Phi) is 7.56. The Morgan fingerprint density at radius 3 is 2.38 bits per heavy atom. The molecule has 6 nitrogen and oxygen atoms in total. The zero-order chi connectivity index (χ0) is 23.3. The molecule has 0 aromatic heterocycles. The summed E-state index contributed by atoms with van der Waals surface area (Å²) in [5.41, 5.74) is 3.81. The molecule has 0 heterocycles. The molecule has 32 heavy (non-hydrogen) atoms. The van der Waals surface area contributed by atoms with E-state index in [1.165, 1.54) is 24.3 Å². The van der Waals surface area contributed by atoms with E-state index in [1.807, 2.05) is 26.0 Å². The Labute approximate surface area is 193 Å². The van der Waals surface area contributed by atoms with E-state index in [0.717, 1.165) is 21.0 Å². The molecule has 0 saturated heterocycles. The first kappa shape index (κ1) is 23.8. The largest absolute Gasteiger partial charge is 0.380 e. The molecule has 3 aromatic carbocycles. The van der Waals surface area contributed by atoms with Crippen molar-refractivity contribution in [3.63, 3.8) is 0 Å². The van der Waals surface area contributed by atoms with Crippen LogP contribution < -0.4 is 9.62 Å². The lowest BCUT2D eigenvalue weighted by Crippen LogP contribution is -2.38. The highest BCUT2D eigenvalue weighted by molar-refractivity contribution is 7.92. The first-order valence-corrected chi connectivity index (χ1v) is 11.8. The van der Waals surface area contributed by atoms with Crippen molar-refractivity contribution in [1.29, 1.82) is 0 Å². The lowest BCUT2D eigenvalue weighted by molar-refractivity contribution is -0.114. The van der Waals surface area contributed by atoms with Crippen LogP contribution in [-0.4, -0.2) is 28.0 Å². The molecule has 0 fully saturated rings. The molecular formula is C24H25ClN2O4S. The zero-order valence-electron chi connectivity index (χ0n) is 18.1. The van der Waals surface area contributed by atoms with Gasteiger partial charge in [0.15, 0.2) is 0 Å². The Morgan fingerprint density at radius 2 is 1.72 bits per heavy atom. The van der Waals surface area contributed by atoms with Gasteiger partial charge in [-0.25, -0.2) is 8.42 Å². The Bertz CT molecular complexity index is 1210. The number of nitrogens with one attached hydrogen (secondary N) is 1. The molecule has 1 N–H and O–H groups in total. The van der Waals surface area contributed by atoms with E-state index in [4.69, 9.17) is 16.3 Å². The molecule has 3 rings (SSSR count). The van der Waals surface area contributed by atoms with E-state index >= 15 is 0 Å². The number of carbonyl (C=O) groups is 1. The first-order chi connectivity index (χ1) is 15.2. The number of hydrogen-bond acceptors (Lipinski definition) is 4. The van der Waals surface area contributed by atoms with E-state index in [2.05, 4.69) is 5.32 Å². The fraction of sp³-hybridized carbons (Fsp3) is 0.208.